The lowest BCUT2D eigenvalue weighted by Crippen LogP contribution is -2.23. The van der Waals surface area contributed by atoms with Crippen molar-refractivity contribution in [2.24, 2.45) is 0 Å². The van der Waals surface area contributed by atoms with Crippen molar-refractivity contribution in [2.45, 2.75) is 25.3 Å². The van der Waals surface area contributed by atoms with Crippen molar-refractivity contribution in [3.05, 3.63) is 63.7 Å². The molecule has 2 rings (SSSR count). The summed E-state index contributed by atoms with van der Waals surface area (Å²) in [6, 6.07) is 11.9. The highest BCUT2D eigenvalue weighted by Crippen LogP contribution is 2.32. The second-order valence-electron chi connectivity index (χ2n) is 5.62. The molecular formula is C17H20N2O4S. The first-order valence-electron chi connectivity index (χ1n) is 7.52. The molecule has 0 saturated heterocycles. The first kappa shape index (κ1) is 17.9. The second kappa shape index (κ2) is 7.00. The van der Waals surface area contributed by atoms with Gasteiger partial charge in [-0.3, -0.25) is 10.1 Å². The Balaban J connectivity index is 2.48. The average molecular weight is 348 g/mol. The molecule has 2 aromatic rings. The number of aryl methyl sites for hydroxylation is 1. The fraction of sp³-hybridized carbons (Fsp3) is 0.294. The molecule has 2 aromatic carbocycles. The summed E-state index contributed by atoms with van der Waals surface area (Å²) >= 11 is 0. The van der Waals surface area contributed by atoms with Crippen LogP contribution in [-0.2, 0) is 16.4 Å². The van der Waals surface area contributed by atoms with E-state index >= 15 is 0 Å². The third-order valence-corrected chi connectivity index (χ3v) is 5.03. The van der Waals surface area contributed by atoms with Crippen LogP contribution in [0.2, 0.25) is 0 Å². The number of sulfone groups is 1. The zero-order valence-corrected chi connectivity index (χ0v) is 14.7. The van der Waals surface area contributed by atoms with Crippen molar-refractivity contribution in [2.75, 3.05) is 17.7 Å². The third kappa shape index (κ3) is 3.91. The molecule has 0 aliphatic carbocycles. The van der Waals surface area contributed by atoms with Crippen LogP contribution in [0.4, 0.5) is 11.4 Å². The van der Waals surface area contributed by atoms with Gasteiger partial charge in [0.05, 0.1) is 9.82 Å². The minimum absolute atomic E-state index is 0.0510. The van der Waals surface area contributed by atoms with E-state index in [1.807, 2.05) is 43.0 Å². The van der Waals surface area contributed by atoms with Crippen LogP contribution in [0.1, 0.15) is 18.1 Å². The number of anilines is 1. The molecule has 0 heterocycles. The lowest BCUT2D eigenvalue weighted by molar-refractivity contribution is -0.384. The van der Waals surface area contributed by atoms with Crippen LogP contribution in [-0.4, -0.2) is 26.1 Å². The Morgan fingerprint density at radius 3 is 2.38 bits per heavy atom. The number of rotatable bonds is 6. The van der Waals surface area contributed by atoms with E-state index in [9.17, 15) is 18.5 Å². The SMILES string of the molecule is CCN(Cc1ccccc1C)c1ccc(S(C)(=O)=O)cc1[N+](=O)[O-]. The monoisotopic (exact) mass is 348 g/mol. The normalized spacial score (nSPS) is 11.3. The largest absolute Gasteiger partial charge is 0.362 e. The maximum absolute atomic E-state index is 11.7. The maximum Gasteiger partial charge on any atom is 0.293 e. The molecule has 128 valence electrons. The first-order valence-corrected chi connectivity index (χ1v) is 9.41. The van der Waals surface area contributed by atoms with Crippen LogP contribution < -0.4 is 4.90 Å². The minimum Gasteiger partial charge on any atom is -0.362 e. The summed E-state index contributed by atoms with van der Waals surface area (Å²) in [5.41, 5.74) is 2.39. The summed E-state index contributed by atoms with van der Waals surface area (Å²) in [5, 5.41) is 11.4. The fourth-order valence-corrected chi connectivity index (χ4v) is 3.15. The van der Waals surface area contributed by atoms with Gasteiger partial charge in [0.25, 0.3) is 5.69 Å². The molecule has 0 unspecified atom stereocenters. The van der Waals surface area contributed by atoms with E-state index in [0.29, 0.717) is 18.8 Å². The maximum atomic E-state index is 11.7. The zero-order valence-electron chi connectivity index (χ0n) is 13.9. The van der Waals surface area contributed by atoms with Crippen LogP contribution in [0.25, 0.3) is 0 Å². The zero-order chi connectivity index (χ0) is 17.9. The number of hydrogen-bond acceptors (Lipinski definition) is 5. The molecule has 0 aromatic heterocycles. The third-order valence-electron chi connectivity index (χ3n) is 3.92. The second-order valence-corrected chi connectivity index (χ2v) is 7.64. The average Bonchev–Trinajstić information content (AvgIpc) is 2.52. The van der Waals surface area contributed by atoms with Gasteiger partial charge >= 0.3 is 0 Å². The van der Waals surface area contributed by atoms with E-state index in [2.05, 4.69) is 0 Å². The summed E-state index contributed by atoms with van der Waals surface area (Å²) in [6.07, 6.45) is 1.04. The molecule has 0 bridgehead atoms. The quantitative estimate of drug-likeness (QED) is 0.591. The molecule has 0 aliphatic heterocycles. The Hall–Kier alpha value is -2.41. The van der Waals surface area contributed by atoms with Gasteiger partial charge in [-0.25, -0.2) is 8.42 Å². The van der Waals surface area contributed by atoms with Crippen molar-refractivity contribution in [1.29, 1.82) is 0 Å². The van der Waals surface area contributed by atoms with Gasteiger partial charge in [0.1, 0.15) is 5.69 Å². The van der Waals surface area contributed by atoms with Crippen LogP contribution in [0.5, 0.6) is 0 Å². The van der Waals surface area contributed by atoms with Gasteiger partial charge in [-0.2, -0.15) is 0 Å². The summed E-state index contributed by atoms with van der Waals surface area (Å²) in [7, 11) is -3.50. The Bertz CT molecular complexity index is 863. The predicted molar refractivity (Wildman–Crippen MR) is 94.1 cm³/mol. The lowest BCUT2D eigenvalue weighted by atomic mass is 10.1. The number of benzene rings is 2. The van der Waals surface area contributed by atoms with Crippen LogP contribution >= 0.6 is 0 Å². The molecule has 0 radical (unpaired) electrons. The molecule has 0 amide bonds. The van der Waals surface area contributed by atoms with Gasteiger partial charge in [-0.05, 0) is 37.1 Å². The lowest BCUT2D eigenvalue weighted by Gasteiger charge is -2.24. The molecular weight excluding hydrogens is 328 g/mol. The molecule has 7 heteroatoms. The molecule has 0 atom stereocenters. The summed E-state index contributed by atoms with van der Waals surface area (Å²) in [6.45, 7) is 4.98. The highest BCUT2D eigenvalue weighted by Gasteiger charge is 2.22. The molecule has 0 aliphatic rings. The van der Waals surface area contributed by atoms with Crippen molar-refractivity contribution < 1.29 is 13.3 Å². The highest BCUT2D eigenvalue weighted by atomic mass is 32.2. The molecule has 0 fully saturated rings. The van der Waals surface area contributed by atoms with E-state index in [1.165, 1.54) is 12.1 Å². The van der Waals surface area contributed by atoms with E-state index in [0.717, 1.165) is 23.4 Å². The summed E-state index contributed by atoms with van der Waals surface area (Å²) in [5.74, 6) is 0. The molecule has 0 spiro atoms. The molecule has 6 nitrogen and oxygen atoms in total. The van der Waals surface area contributed by atoms with E-state index in [1.54, 1.807) is 0 Å². The highest BCUT2D eigenvalue weighted by molar-refractivity contribution is 7.90. The fourth-order valence-electron chi connectivity index (χ4n) is 2.51. The molecule has 0 N–H and O–H groups in total. The van der Waals surface area contributed by atoms with Crippen molar-refractivity contribution in [1.82, 2.24) is 0 Å². The minimum atomic E-state index is -3.50. The standard InChI is InChI=1S/C17H20N2O4S/c1-4-18(12-14-8-6-5-7-13(14)2)16-10-9-15(24(3,22)23)11-17(16)19(20)21/h5-11H,4,12H2,1-3H3. The van der Waals surface area contributed by atoms with Crippen molar-refractivity contribution in [3.8, 4) is 0 Å². The van der Waals surface area contributed by atoms with Gasteiger partial charge < -0.3 is 4.90 Å². The molecule has 24 heavy (non-hydrogen) atoms. The number of nitro benzene ring substituents is 1. The van der Waals surface area contributed by atoms with Gasteiger partial charge in [-0.1, -0.05) is 24.3 Å². The van der Waals surface area contributed by atoms with E-state index < -0.39 is 14.8 Å². The van der Waals surface area contributed by atoms with Crippen molar-refractivity contribution in [3.63, 3.8) is 0 Å². The Labute approximate surface area is 141 Å². The Morgan fingerprint density at radius 1 is 1.17 bits per heavy atom. The van der Waals surface area contributed by atoms with Crippen molar-refractivity contribution >= 4 is 21.2 Å². The van der Waals surface area contributed by atoms with Crippen LogP contribution in [0, 0.1) is 17.0 Å². The van der Waals surface area contributed by atoms with E-state index in [4.69, 9.17) is 0 Å². The Morgan fingerprint density at radius 2 is 1.83 bits per heavy atom. The van der Waals surface area contributed by atoms with E-state index in [-0.39, 0.29) is 10.6 Å². The number of nitrogens with zero attached hydrogens (tertiary/aromatic N) is 2. The smallest absolute Gasteiger partial charge is 0.293 e. The van der Waals surface area contributed by atoms with Crippen LogP contribution in [0.15, 0.2) is 47.4 Å². The predicted octanol–water partition coefficient (Wildman–Crippen LogP) is 3.33. The van der Waals surface area contributed by atoms with Gasteiger partial charge in [0.2, 0.25) is 0 Å². The topological polar surface area (TPSA) is 80.5 Å². The van der Waals surface area contributed by atoms with Gasteiger partial charge in [-0.15, -0.1) is 0 Å². The summed E-state index contributed by atoms with van der Waals surface area (Å²) in [4.78, 5) is 12.7. The summed E-state index contributed by atoms with van der Waals surface area (Å²) < 4.78 is 23.3. The first-order chi connectivity index (χ1) is 11.2. The van der Waals surface area contributed by atoms with Gasteiger partial charge in [0.15, 0.2) is 9.84 Å². The number of hydrogen-bond donors (Lipinski definition) is 0. The molecule has 0 saturated carbocycles. The van der Waals surface area contributed by atoms with Gasteiger partial charge in [0, 0.05) is 25.4 Å². The Kier molecular flexibility index (Phi) is 5.23. The van der Waals surface area contributed by atoms with Crippen LogP contribution in [0.3, 0.4) is 0 Å². The number of nitro groups is 1.